The molecule has 0 spiro atoms. The van der Waals surface area contributed by atoms with Gasteiger partial charge in [0, 0.05) is 65.0 Å². The first-order chi connectivity index (χ1) is 26.9. The number of aromatic amines is 1. The van der Waals surface area contributed by atoms with Crippen molar-refractivity contribution in [1.29, 1.82) is 0 Å². The van der Waals surface area contributed by atoms with Crippen molar-refractivity contribution < 1.29 is 54.2 Å². The lowest BCUT2D eigenvalue weighted by atomic mass is 9.82. The second kappa shape index (κ2) is 22.4. The van der Waals surface area contributed by atoms with Crippen molar-refractivity contribution >= 4 is 23.9 Å². The van der Waals surface area contributed by atoms with Gasteiger partial charge < -0.3 is 65.3 Å². The van der Waals surface area contributed by atoms with Crippen molar-refractivity contribution in [3.63, 3.8) is 0 Å². The zero-order chi connectivity index (χ0) is 40.6. The molecular weight excluding hydrogens is 730 g/mol. The van der Waals surface area contributed by atoms with Crippen molar-refractivity contribution in [2.45, 2.75) is 94.0 Å². The topological polar surface area (TPSA) is 250 Å². The molecule has 2 fully saturated rings. The van der Waals surface area contributed by atoms with Crippen LogP contribution in [0.25, 0.3) is 0 Å². The molecule has 0 radical (unpaired) electrons. The smallest absolute Gasteiger partial charge is 0.410 e. The van der Waals surface area contributed by atoms with E-state index in [2.05, 4.69) is 20.6 Å². The number of nitrogens with one attached hydrogen (secondary N) is 3. The third-order valence-electron chi connectivity index (χ3n) is 10.4. The highest BCUT2D eigenvalue weighted by atomic mass is 16.6. The van der Waals surface area contributed by atoms with E-state index in [9.17, 15) is 44.7 Å². The quantitative estimate of drug-likeness (QED) is 0.0889. The Morgan fingerprint density at radius 1 is 0.911 bits per heavy atom. The first-order valence-corrected chi connectivity index (χ1v) is 19.3. The maximum absolute atomic E-state index is 14.1. The molecule has 5 amide bonds. The van der Waals surface area contributed by atoms with Gasteiger partial charge in [-0.15, -0.1) is 0 Å². The maximum Gasteiger partial charge on any atom is 0.410 e. The van der Waals surface area contributed by atoms with Crippen LogP contribution in [0, 0.1) is 5.92 Å². The summed E-state index contributed by atoms with van der Waals surface area (Å²) in [5.74, 6) is -1.42. The molecule has 1 aliphatic heterocycles. The predicted molar refractivity (Wildman–Crippen MR) is 202 cm³/mol. The third-order valence-corrected chi connectivity index (χ3v) is 10.4. The number of aromatic nitrogens is 2. The summed E-state index contributed by atoms with van der Waals surface area (Å²) in [6, 6.07) is 6.29. The lowest BCUT2D eigenvalue weighted by Crippen LogP contribution is -2.59. The summed E-state index contributed by atoms with van der Waals surface area (Å²) in [4.78, 5) is 65.8. The van der Waals surface area contributed by atoms with Crippen molar-refractivity contribution in [2.75, 3.05) is 60.1 Å². The number of hydrogen-bond donors (Lipinski definition) is 8. The van der Waals surface area contributed by atoms with Crippen molar-refractivity contribution in [2.24, 2.45) is 5.92 Å². The molecule has 1 aromatic carbocycles. The number of benzene rings is 1. The number of carbonyl (C=O) groups is 4. The molecule has 1 aromatic heterocycles. The number of carbonyl (C=O) groups excluding carboxylic acids is 4. The van der Waals surface area contributed by atoms with Crippen LogP contribution in [0.1, 0.15) is 49.8 Å². The third kappa shape index (κ3) is 13.4. The number of morpholine rings is 1. The minimum Gasteiger partial charge on any atom is -0.436 e. The number of imidazole rings is 1. The van der Waals surface area contributed by atoms with E-state index in [4.69, 9.17) is 9.47 Å². The van der Waals surface area contributed by atoms with Gasteiger partial charge >= 0.3 is 12.1 Å². The summed E-state index contributed by atoms with van der Waals surface area (Å²) in [5, 5.41) is 57.2. The molecule has 1 saturated carbocycles. The fraction of sp³-hybridized carbons (Fsp3) is 0.658. The second-order valence-electron chi connectivity index (χ2n) is 14.7. The standard InChI is InChI=1S/C38H59N7O11/c1-43(37(53)45-15-17-55-18-16-45)13-14-44(2)38(54)56-31(20-26-11-7-4-8-12-26)36(52)42-29(21-27-22-39-24-40-27)35(51)41-28(19-25-9-5-3-6-10-25)32(48)34(50)33(49)30(47)23-46/h4,7-8,11-12,22,24-25,28-34,46-50H,3,5-6,9-10,13-21,23H2,1-2H3,(H,39,40)(H,41,51)(H,42,52)/t28-,29-,30+,31-,32+,33+,34+/m0/s1. The summed E-state index contributed by atoms with van der Waals surface area (Å²) >= 11 is 0. The fourth-order valence-corrected chi connectivity index (χ4v) is 6.93. The summed E-state index contributed by atoms with van der Waals surface area (Å²) in [6.45, 7) is 1.29. The van der Waals surface area contributed by atoms with E-state index in [0.29, 0.717) is 37.6 Å². The maximum atomic E-state index is 14.1. The van der Waals surface area contributed by atoms with E-state index in [1.165, 1.54) is 29.4 Å². The highest BCUT2D eigenvalue weighted by Gasteiger charge is 2.38. The number of hydrogen-bond acceptors (Lipinski definition) is 12. The summed E-state index contributed by atoms with van der Waals surface area (Å²) in [7, 11) is 3.12. The fourth-order valence-electron chi connectivity index (χ4n) is 6.93. The normalized spacial score (nSPS) is 18.7. The van der Waals surface area contributed by atoms with Crippen LogP contribution in [-0.2, 0) is 31.9 Å². The molecule has 2 aliphatic rings. The van der Waals surface area contributed by atoms with E-state index >= 15 is 0 Å². The molecule has 312 valence electrons. The van der Waals surface area contributed by atoms with Gasteiger partial charge in [0.05, 0.1) is 32.2 Å². The number of nitrogens with zero attached hydrogens (tertiary/aromatic N) is 4. The number of ether oxygens (including phenoxy) is 2. The zero-order valence-corrected chi connectivity index (χ0v) is 32.2. The van der Waals surface area contributed by atoms with Crippen LogP contribution in [0.15, 0.2) is 42.9 Å². The van der Waals surface area contributed by atoms with Gasteiger partial charge in [0.2, 0.25) is 5.91 Å². The minimum atomic E-state index is -1.92. The second-order valence-corrected chi connectivity index (χ2v) is 14.7. The van der Waals surface area contributed by atoms with Gasteiger partial charge in [-0.2, -0.15) is 0 Å². The first kappa shape index (κ1) is 44.4. The molecule has 18 nitrogen and oxygen atoms in total. The number of rotatable bonds is 19. The Hall–Kier alpha value is -4.33. The van der Waals surface area contributed by atoms with Crippen LogP contribution >= 0.6 is 0 Å². The molecular formula is C38H59N7O11. The van der Waals surface area contributed by atoms with Gasteiger partial charge in [0.15, 0.2) is 6.10 Å². The van der Waals surface area contributed by atoms with Crippen LogP contribution in [0.3, 0.4) is 0 Å². The van der Waals surface area contributed by atoms with Gasteiger partial charge in [0.25, 0.3) is 5.91 Å². The van der Waals surface area contributed by atoms with E-state index < -0.39 is 67.1 Å². The van der Waals surface area contributed by atoms with Gasteiger partial charge in [0.1, 0.15) is 30.5 Å². The van der Waals surface area contributed by atoms with E-state index in [1.807, 2.05) is 0 Å². The predicted octanol–water partition coefficient (Wildman–Crippen LogP) is -0.608. The van der Waals surface area contributed by atoms with Crippen LogP contribution in [0.4, 0.5) is 9.59 Å². The molecule has 8 N–H and O–H groups in total. The van der Waals surface area contributed by atoms with Crippen LogP contribution < -0.4 is 10.6 Å². The number of aliphatic hydroxyl groups is 5. The average molecular weight is 790 g/mol. The van der Waals surface area contributed by atoms with Crippen molar-refractivity contribution in [1.82, 2.24) is 35.3 Å². The van der Waals surface area contributed by atoms with Crippen LogP contribution in [-0.4, -0.2) is 177 Å². The van der Waals surface area contributed by atoms with Gasteiger partial charge in [-0.3, -0.25) is 9.59 Å². The molecule has 0 bridgehead atoms. The zero-order valence-electron chi connectivity index (χ0n) is 32.2. The summed E-state index contributed by atoms with van der Waals surface area (Å²) in [6.07, 6.45) is -1.88. The Bertz CT molecular complexity index is 1490. The first-order valence-electron chi connectivity index (χ1n) is 19.3. The highest BCUT2D eigenvalue weighted by Crippen LogP contribution is 2.29. The molecule has 18 heteroatoms. The van der Waals surface area contributed by atoms with Crippen molar-refractivity contribution in [3.05, 3.63) is 54.1 Å². The van der Waals surface area contributed by atoms with Crippen molar-refractivity contribution in [3.8, 4) is 0 Å². The molecule has 4 rings (SSSR count). The largest absolute Gasteiger partial charge is 0.436 e. The van der Waals surface area contributed by atoms with E-state index in [1.54, 1.807) is 42.3 Å². The molecule has 2 aromatic rings. The summed E-state index contributed by atoms with van der Waals surface area (Å²) < 4.78 is 11.1. The van der Waals surface area contributed by atoms with Gasteiger partial charge in [-0.25, -0.2) is 14.6 Å². The molecule has 2 heterocycles. The molecule has 1 aliphatic carbocycles. The minimum absolute atomic E-state index is 0.0274. The average Bonchev–Trinajstić information content (AvgIpc) is 3.74. The molecule has 0 unspecified atom stereocenters. The highest BCUT2D eigenvalue weighted by molar-refractivity contribution is 5.90. The van der Waals surface area contributed by atoms with Gasteiger partial charge in [-0.05, 0) is 17.9 Å². The lowest BCUT2D eigenvalue weighted by Gasteiger charge is -2.35. The summed E-state index contributed by atoms with van der Waals surface area (Å²) in [5.41, 5.74) is 1.17. The van der Waals surface area contributed by atoms with Crippen LogP contribution in [0.2, 0.25) is 0 Å². The number of likely N-dealkylation sites (N-methyl/N-ethyl adjacent to an activating group) is 2. The number of urea groups is 1. The lowest BCUT2D eigenvalue weighted by molar-refractivity contribution is -0.138. The number of H-pyrrole nitrogens is 1. The SMILES string of the molecule is CN(CCN(C)C(=O)N1CCOCC1)C(=O)O[C@@H](Cc1ccccc1)C(=O)N[C@@H](Cc1cnc[nH]1)C(=O)N[C@@H](CC1CCCCC1)[C@@H](O)[C@@H](O)[C@H](O)[C@H](O)CO. The molecule has 1 saturated heterocycles. The Kier molecular flexibility index (Phi) is 17.8. The Labute approximate surface area is 327 Å². The monoisotopic (exact) mass is 789 g/mol. The van der Waals surface area contributed by atoms with Crippen LogP contribution in [0.5, 0.6) is 0 Å². The number of amides is 5. The molecule has 7 atom stereocenters. The Balaban J connectivity index is 1.50. The number of aliphatic hydroxyl groups excluding tert-OH is 5. The van der Waals surface area contributed by atoms with Gasteiger partial charge in [-0.1, -0.05) is 62.4 Å². The Morgan fingerprint density at radius 2 is 1.59 bits per heavy atom. The van der Waals surface area contributed by atoms with E-state index in [-0.39, 0.29) is 44.3 Å². The van der Waals surface area contributed by atoms with E-state index in [0.717, 1.165) is 32.1 Å². The Morgan fingerprint density at radius 3 is 2.23 bits per heavy atom. The molecule has 56 heavy (non-hydrogen) atoms.